The zero-order chi connectivity index (χ0) is 25.9. The standard InChI is InChI=1S/C25H44N6O4/c1-6-12-30-13-10-25(19-26,11-14-30)29-21(32)20(8-9-24(3,4)5)27-22(28-23(33)35-7-2)31-15-17-34-18-16-31/h20H,6-18H2,1-5H3,(H,29,32)(H,27,28,33). The minimum absolute atomic E-state index is 0.000154. The number of alkyl carbamates (subject to hydrolysis) is 1. The van der Waals surface area contributed by atoms with E-state index in [2.05, 4.69) is 49.3 Å². The molecule has 2 saturated heterocycles. The summed E-state index contributed by atoms with van der Waals surface area (Å²) in [6.45, 7) is 15.1. The van der Waals surface area contributed by atoms with E-state index in [4.69, 9.17) is 14.5 Å². The van der Waals surface area contributed by atoms with Crippen molar-refractivity contribution in [2.24, 2.45) is 10.4 Å². The number of guanidine groups is 1. The molecule has 2 amide bonds. The lowest BCUT2D eigenvalue weighted by atomic mass is 9.86. The van der Waals surface area contributed by atoms with Gasteiger partial charge in [0.1, 0.15) is 11.6 Å². The van der Waals surface area contributed by atoms with Gasteiger partial charge in [-0.1, -0.05) is 27.7 Å². The van der Waals surface area contributed by atoms with Gasteiger partial charge in [0.05, 0.1) is 25.9 Å². The summed E-state index contributed by atoms with van der Waals surface area (Å²) < 4.78 is 10.5. The first-order chi connectivity index (χ1) is 16.6. The molecule has 35 heavy (non-hydrogen) atoms. The van der Waals surface area contributed by atoms with Crippen LogP contribution in [0.15, 0.2) is 4.99 Å². The third-order valence-corrected chi connectivity index (χ3v) is 6.37. The van der Waals surface area contributed by atoms with Crippen molar-refractivity contribution in [3.63, 3.8) is 0 Å². The van der Waals surface area contributed by atoms with Crippen molar-refractivity contribution >= 4 is 18.0 Å². The minimum atomic E-state index is -0.898. The Labute approximate surface area is 210 Å². The van der Waals surface area contributed by atoms with E-state index in [0.717, 1.165) is 32.5 Å². The van der Waals surface area contributed by atoms with Crippen LogP contribution >= 0.6 is 0 Å². The number of hydrogen-bond acceptors (Lipinski definition) is 7. The fourth-order valence-corrected chi connectivity index (χ4v) is 4.26. The summed E-state index contributed by atoms with van der Waals surface area (Å²) >= 11 is 0. The highest BCUT2D eigenvalue weighted by Gasteiger charge is 2.38. The number of nitrogens with one attached hydrogen (secondary N) is 2. The minimum Gasteiger partial charge on any atom is -0.450 e. The fourth-order valence-electron chi connectivity index (χ4n) is 4.26. The molecule has 10 nitrogen and oxygen atoms in total. The molecule has 0 saturated carbocycles. The van der Waals surface area contributed by atoms with Gasteiger partial charge in [-0.3, -0.25) is 10.1 Å². The summed E-state index contributed by atoms with van der Waals surface area (Å²) in [4.78, 5) is 34.8. The van der Waals surface area contributed by atoms with Crippen LogP contribution in [0.2, 0.25) is 0 Å². The second-order valence-electron chi connectivity index (χ2n) is 10.5. The summed E-state index contributed by atoms with van der Waals surface area (Å²) in [5, 5.41) is 15.8. The number of morpholine rings is 1. The monoisotopic (exact) mass is 492 g/mol. The van der Waals surface area contributed by atoms with Gasteiger partial charge in [-0.05, 0) is 51.0 Å². The molecule has 1 atom stereocenters. The second kappa shape index (κ2) is 13.6. The van der Waals surface area contributed by atoms with Gasteiger partial charge in [-0.25, -0.2) is 9.79 Å². The maximum atomic E-state index is 13.6. The third kappa shape index (κ3) is 9.65. The molecule has 2 heterocycles. The molecule has 2 fully saturated rings. The van der Waals surface area contributed by atoms with Crippen LogP contribution in [0.1, 0.15) is 66.7 Å². The maximum absolute atomic E-state index is 13.6. The number of piperidine rings is 1. The number of likely N-dealkylation sites (tertiary alicyclic amines) is 1. The SMILES string of the molecule is CCCN1CCC(C#N)(NC(=O)C(CCC(C)(C)C)/N=C(\NC(=O)OCC)N2CCOCC2)CC1. The molecule has 198 valence electrons. The molecule has 2 N–H and O–H groups in total. The Balaban J connectivity index is 2.26. The normalized spacial score (nSPS) is 20.0. The van der Waals surface area contributed by atoms with Crippen LogP contribution in [-0.2, 0) is 14.3 Å². The number of aliphatic imine (C=N–C) groups is 1. The van der Waals surface area contributed by atoms with Gasteiger partial charge in [0.15, 0.2) is 0 Å². The quantitative estimate of drug-likeness (QED) is 0.395. The van der Waals surface area contributed by atoms with Crippen molar-refractivity contribution in [1.82, 2.24) is 20.4 Å². The highest BCUT2D eigenvalue weighted by molar-refractivity contribution is 5.96. The van der Waals surface area contributed by atoms with Crippen LogP contribution in [0.5, 0.6) is 0 Å². The number of carbonyl (C=O) groups is 2. The van der Waals surface area contributed by atoms with E-state index in [1.165, 1.54) is 0 Å². The molecule has 0 aromatic rings. The number of hydrogen-bond donors (Lipinski definition) is 2. The zero-order valence-corrected chi connectivity index (χ0v) is 22.2. The van der Waals surface area contributed by atoms with Crippen molar-refractivity contribution < 1.29 is 19.1 Å². The molecule has 10 heteroatoms. The van der Waals surface area contributed by atoms with Crippen molar-refractivity contribution in [2.45, 2.75) is 78.3 Å². The number of amides is 2. The zero-order valence-electron chi connectivity index (χ0n) is 22.2. The van der Waals surface area contributed by atoms with Gasteiger partial charge >= 0.3 is 6.09 Å². The van der Waals surface area contributed by atoms with E-state index >= 15 is 0 Å². The Morgan fingerprint density at radius 3 is 2.37 bits per heavy atom. The summed E-state index contributed by atoms with van der Waals surface area (Å²) in [6.07, 6.45) is 2.88. The number of nitriles is 1. The van der Waals surface area contributed by atoms with Crippen LogP contribution in [0, 0.1) is 16.7 Å². The van der Waals surface area contributed by atoms with E-state index < -0.39 is 17.7 Å². The second-order valence-corrected chi connectivity index (χ2v) is 10.5. The van der Waals surface area contributed by atoms with E-state index in [-0.39, 0.29) is 17.9 Å². The molecule has 0 aliphatic carbocycles. The summed E-state index contributed by atoms with van der Waals surface area (Å²) in [6, 6.07) is 1.64. The molecule has 0 aromatic carbocycles. The number of carbonyl (C=O) groups excluding carboxylic acids is 2. The molecule has 0 radical (unpaired) electrons. The van der Waals surface area contributed by atoms with Crippen LogP contribution < -0.4 is 10.6 Å². The first-order valence-corrected chi connectivity index (χ1v) is 12.9. The first-order valence-electron chi connectivity index (χ1n) is 12.9. The van der Waals surface area contributed by atoms with Gasteiger partial charge in [0.25, 0.3) is 0 Å². The highest BCUT2D eigenvalue weighted by Crippen LogP contribution is 2.25. The molecular formula is C25H44N6O4. The molecule has 0 bridgehead atoms. The molecule has 0 aromatic heterocycles. The average molecular weight is 493 g/mol. The Hall–Kier alpha value is -2.38. The smallest absolute Gasteiger partial charge is 0.413 e. The van der Waals surface area contributed by atoms with Crippen molar-refractivity contribution in [1.29, 1.82) is 5.26 Å². The van der Waals surface area contributed by atoms with Crippen molar-refractivity contribution in [3.8, 4) is 6.07 Å². The molecular weight excluding hydrogens is 448 g/mol. The average Bonchev–Trinajstić information content (AvgIpc) is 2.82. The largest absolute Gasteiger partial charge is 0.450 e. The van der Waals surface area contributed by atoms with Gasteiger partial charge < -0.3 is 24.6 Å². The Bertz CT molecular complexity index is 759. The third-order valence-electron chi connectivity index (χ3n) is 6.37. The lowest BCUT2D eigenvalue weighted by molar-refractivity contribution is -0.124. The molecule has 2 aliphatic heterocycles. The van der Waals surface area contributed by atoms with Gasteiger partial charge in [0.2, 0.25) is 11.9 Å². The van der Waals surface area contributed by atoms with Crippen LogP contribution in [0.4, 0.5) is 4.79 Å². The van der Waals surface area contributed by atoms with Crippen LogP contribution in [0.3, 0.4) is 0 Å². The fraction of sp³-hybridized carbons (Fsp3) is 0.840. The van der Waals surface area contributed by atoms with E-state index in [0.29, 0.717) is 51.5 Å². The summed E-state index contributed by atoms with van der Waals surface area (Å²) in [5.41, 5.74) is -0.898. The topological polar surface area (TPSA) is 119 Å². The lowest BCUT2D eigenvalue weighted by Gasteiger charge is -2.38. The van der Waals surface area contributed by atoms with Crippen LogP contribution in [0.25, 0.3) is 0 Å². The van der Waals surface area contributed by atoms with Gasteiger partial charge in [0, 0.05) is 26.2 Å². The van der Waals surface area contributed by atoms with Gasteiger partial charge in [-0.2, -0.15) is 5.26 Å². The predicted octanol–water partition coefficient (Wildman–Crippen LogP) is 2.50. The number of ether oxygens (including phenoxy) is 2. The number of rotatable bonds is 8. The maximum Gasteiger partial charge on any atom is 0.413 e. The highest BCUT2D eigenvalue weighted by atomic mass is 16.5. The van der Waals surface area contributed by atoms with Crippen molar-refractivity contribution in [2.75, 3.05) is 52.5 Å². The predicted molar refractivity (Wildman–Crippen MR) is 135 cm³/mol. The van der Waals surface area contributed by atoms with Crippen molar-refractivity contribution in [3.05, 3.63) is 0 Å². The first kappa shape index (κ1) is 28.9. The number of nitrogens with zero attached hydrogens (tertiary/aromatic N) is 4. The molecule has 1 unspecified atom stereocenters. The summed E-state index contributed by atoms with van der Waals surface area (Å²) in [7, 11) is 0. The summed E-state index contributed by atoms with van der Waals surface area (Å²) in [5.74, 6) is 0.0285. The van der Waals surface area contributed by atoms with E-state index in [9.17, 15) is 14.9 Å². The van der Waals surface area contributed by atoms with E-state index in [1.807, 2.05) is 4.90 Å². The van der Waals surface area contributed by atoms with Crippen LogP contribution in [-0.4, -0.2) is 91.9 Å². The molecule has 0 spiro atoms. The lowest BCUT2D eigenvalue weighted by Crippen LogP contribution is -2.57. The Morgan fingerprint density at radius 1 is 1.17 bits per heavy atom. The molecule has 2 aliphatic rings. The molecule has 2 rings (SSSR count). The van der Waals surface area contributed by atoms with Gasteiger partial charge in [-0.15, -0.1) is 0 Å². The Kier molecular flexibility index (Phi) is 11.2. The van der Waals surface area contributed by atoms with E-state index in [1.54, 1.807) is 6.92 Å². The Morgan fingerprint density at radius 2 is 1.83 bits per heavy atom.